The molecule has 0 unspecified atom stereocenters. The molecule has 1 aromatic rings. The molecule has 3 nitrogen and oxygen atoms in total. The van der Waals surface area contributed by atoms with Gasteiger partial charge in [-0.05, 0) is 37.6 Å². The van der Waals surface area contributed by atoms with Crippen LogP contribution in [0.15, 0.2) is 47.9 Å². The van der Waals surface area contributed by atoms with Gasteiger partial charge in [0.2, 0.25) is 0 Å². The number of para-hydroxylation sites is 1. The maximum atomic E-state index is 13.3. The lowest BCUT2D eigenvalue weighted by molar-refractivity contribution is 0.398. The van der Waals surface area contributed by atoms with Gasteiger partial charge in [0.15, 0.2) is 11.6 Å². The maximum absolute atomic E-state index is 13.3. The molecular weight excluding hydrogens is 219 g/mol. The lowest BCUT2D eigenvalue weighted by atomic mass is 10.3. The highest BCUT2D eigenvalue weighted by molar-refractivity contribution is 5.26. The zero-order valence-corrected chi connectivity index (χ0v) is 10.0. The van der Waals surface area contributed by atoms with Crippen molar-refractivity contribution in [3.63, 3.8) is 0 Å². The molecule has 17 heavy (non-hydrogen) atoms. The number of nitrogens with two attached hydrogens (primary N) is 1. The van der Waals surface area contributed by atoms with Gasteiger partial charge < -0.3 is 10.2 Å². The Kier molecular flexibility index (Phi) is 5.23. The van der Waals surface area contributed by atoms with Crippen LogP contribution in [0.2, 0.25) is 0 Å². The number of hydrogen-bond acceptors (Lipinski definition) is 3. The van der Waals surface area contributed by atoms with Crippen LogP contribution in [0, 0.1) is 5.82 Å². The maximum Gasteiger partial charge on any atom is 0.165 e. The molecule has 92 valence electrons. The Morgan fingerprint density at radius 2 is 2.12 bits per heavy atom. The molecule has 1 aromatic carbocycles. The number of nitrogens with one attached hydrogen (secondary N) is 1. The highest BCUT2D eigenvalue weighted by Crippen LogP contribution is 2.18. The molecule has 0 atom stereocenters. The molecule has 0 fully saturated rings. The number of ether oxygens (including phenoxy) is 1. The molecule has 0 amide bonds. The second-order valence-electron chi connectivity index (χ2n) is 3.50. The van der Waals surface area contributed by atoms with Crippen molar-refractivity contribution in [2.75, 3.05) is 0 Å². The molecule has 0 radical (unpaired) electrons. The Morgan fingerprint density at radius 3 is 2.71 bits per heavy atom. The zero-order chi connectivity index (χ0) is 12.7. The van der Waals surface area contributed by atoms with Crippen molar-refractivity contribution >= 4 is 0 Å². The lowest BCUT2D eigenvalue weighted by Crippen LogP contribution is -2.20. The molecule has 0 aliphatic carbocycles. The number of hydrazine groups is 1. The third-order valence-electron chi connectivity index (χ3n) is 2.19. The number of benzene rings is 1. The normalized spacial score (nSPS) is 12.5. The van der Waals surface area contributed by atoms with Crippen LogP contribution in [-0.2, 0) is 0 Å². The standard InChI is InChI=1S/C13H17FN2O/c1-3-11(16-15)9-8-10(2)17-13-7-5-4-6-12(13)14/h4-9,16H,3,15H2,1-2H3/b10-8+,11-9+. The summed E-state index contributed by atoms with van der Waals surface area (Å²) in [4.78, 5) is 0. The van der Waals surface area contributed by atoms with Gasteiger partial charge in [-0.1, -0.05) is 19.1 Å². The van der Waals surface area contributed by atoms with E-state index in [2.05, 4.69) is 5.43 Å². The molecule has 1 rings (SSSR count). The van der Waals surface area contributed by atoms with Crippen LogP contribution in [0.3, 0.4) is 0 Å². The van der Waals surface area contributed by atoms with E-state index in [1.165, 1.54) is 6.07 Å². The van der Waals surface area contributed by atoms with Crippen LogP contribution in [0.25, 0.3) is 0 Å². The molecule has 0 spiro atoms. The van der Waals surface area contributed by atoms with E-state index in [9.17, 15) is 4.39 Å². The third kappa shape index (κ3) is 4.28. The highest BCUT2D eigenvalue weighted by atomic mass is 19.1. The molecule has 0 bridgehead atoms. The fourth-order valence-electron chi connectivity index (χ4n) is 1.22. The van der Waals surface area contributed by atoms with Crippen LogP contribution in [0.5, 0.6) is 5.75 Å². The van der Waals surface area contributed by atoms with Gasteiger partial charge in [0.25, 0.3) is 0 Å². The molecule has 4 heteroatoms. The van der Waals surface area contributed by atoms with Crippen molar-refractivity contribution in [1.82, 2.24) is 5.43 Å². The summed E-state index contributed by atoms with van der Waals surface area (Å²) >= 11 is 0. The Morgan fingerprint density at radius 1 is 1.41 bits per heavy atom. The molecule has 0 saturated heterocycles. The Balaban J connectivity index is 2.72. The van der Waals surface area contributed by atoms with E-state index in [1.54, 1.807) is 37.3 Å². The number of allylic oxidation sites excluding steroid dienone is 4. The van der Waals surface area contributed by atoms with Crippen molar-refractivity contribution in [3.8, 4) is 5.75 Å². The molecule has 0 aromatic heterocycles. The summed E-state index contributed by atoms with van der Waals surface area (Å²) < 4.78 is 18.6. The Hall–Kier alpha value is -1.81. The van der Waals surface area contributed by atoms with Gasteiger partial charge >= 0.3 is 0 Å². The lowest BCUT2D eigenvalue weighted by Gasteiger charge is -2.06. The summed E-state index contributed by atoms with van der Waals surface area (Å²) in [6, 6.07) is 6.28. The minimum Gasteiger partial charge on any atom is -0.459 e. The summed E-state index contributed by atoms with van der Waals surface area (Å²) in [5, 5.41) is 0. The van der Waals surface area contributed by atoms with Crippen LogP contribution in [-0.4, -0.2) is 0 Å². The van der Waals surface area contributed by atoms with Crippen molar-refractivity contribution in [3.05, 3.63) is 53.7 Å². The first-order chi connectivity index (χ1) is 8.17. The van der Waals surface area contributed by atoms with Crippen LogP contribution >= 0.6 is 0 Å². The average molecular weight is 236 g/mol. The van der Waals surface area contributed by atoms with Gasteiger partial charge in [-0.15, -0.1) is 0 Å². The summed E-state index contributed by atoms with van der Waals surface area (Å²) in [6.07, 6.45) is 4.33. The van der Waals surface area contributed by atoms with Crippen LogP contribution < -0.4 is 16.0 Å². The molecule has 0 aliphatic heterocycles. The molecular formula is C13H17FN2O. The van der Waals surface area contributed by atoms with Crippen molar-refractivity contribution in [1.29, 1.82) is 0 Å². The van der Waals surface area contributed by atoms with E-state index in [-0.39, 0.29) is 11.6 Å². The molecule has 0 saturated carbocycles. The van der Waals surface area contributed by atoms with E-state index >= 15 is 0 Å². The Bertz CT molecular complexity index is 421. The van der Waals surface area contributed by atoms with Crippen LogP contribution in [0.4, 0.5) is 4.39 Å². The molecule has 3 N–H and O–H groups in total. The second-order valence-corrected chi connectivity index (χ2v) is 3.50. The van der Waals surface area contributed by atoms with Gasteiger partial charge in [-0.2, -0.15) is 0 Å². The van der Waals surface area contributed by atoms with Crippen molar-refractivity contribution < 1.29 is 9.13 Å². The Labute approximate surface area is 101 Å². The van der Waals surface area contributed by atoms with Gasteiger partial charge in [0.05, 0.1) is 0 Å². The van der Waals surface area contributed by atoms with Crippen molar-refractivity contribution in [2.24, 2.45) is 5.84 Å². The molecule has 0 aliphatic rings. The van der Waals surface area contributed by atoms with Gasteiger partial charge in [0, 0.05) is 5.70 Å². The topological polar surface area (TPSA) is 47.3 Å². The predicted octanol–water partition coefficient (Wildman–Crippen LogP) is 2.87. The van der Waals surface area contributed by atoms with E-state index < -0.39 is 0 Å². The SMILES string of the molecule is CC/C(=C\C=C(/C)Oc1ccccc1F)NN. The number of halogens is 1. The fourth-order valence-corrected chi connectivity index (χ4v) is 1.22. The van der Waals surface area contributed by atoms with E-state index in [0.717, 1.165) is 12.1 Å². The van der Waals surface area contributed by atoms with Crippen LogP contribution in [0.1, 0.15) is 20.3 Å². The van der Waals surface area contributed by atoms with E-state index in [1.807, 2.05) is 6.92 Å². The summed E-state index contributed by atoms with van der Waals surface area (Å²) in [7, 11) is 0. The van der Waals surface area contributed by atoms with Gasteiger partial charge in [-0.25, -0.2) is 4.39 Å². The smallest absolute Gasteiger partial charge is 0.165 e. The quantitative estimate of drug-likeness (QED) is 0.357. The first kappa shape index (κ1) is 13.3. The number of hydrogen-bond donors (Lipinski definition) is 2. The second kappa shape index (κ2) is 6.70. The zero-order valence-electron chi connectivity index (χ0n) is 10.0. The summed E-state index contributed by atoms with van der Waals surface area (Å²) in [5.74, 6) is 5.73. The largest absolute Gasteiger partial charge is 0.459 e. The average Bonchev–Trinajstić information content (AvgIpc) is 2.33. The van der Waals surface area contributed by atoms with Crippen molar-refractivity contribution in [2.45, 2.75) is 20.3 Å². The van der Waals surface area contributed by atoms with E-state index in [4.69, 9.17) is 10.6 Å². The highest BCUT2D eigenvalue weighted by Gasteiger charge is 2.01. The first-order valence-corrected chi connectivity index (χ1v) is 5.43. The number of rotatable bonds is 5. The first-order valence-electron chi connectivity index (χ1n) is 5.43. The third-order valence-corrected chi connectivity index (χ3v) is 2.19. The fraction of sp³-hybridized carbons (Fsp3) is 0.231. The van der Waals surface area contributed by atoms with Gasteiger partial charge in [-0.3, -0.25) is 5.84 Å². The molecule has 0 heterocycles. The predicted molar refractivity (Wildman–Crippen MR) is 66.5 cm³/mol. The minimum atomic E-state index is -0.378. The van der Waals surface area contributed by atoms with E-state index in [0.29, 0.717) is 5.76 Å². The minimum absolute atomic E-state index is 0.216. The summed E-state index contributed by atoms with van der Waals surface area (Å²) in [5.41, 5.74) is 3.45. The van der Waals surface area contributed by atoms with Gasteiger partial charge in [0.1, 0.15) is 5.76 Å². The monoisotopic (exact) mass is 236 g/mol. The summed E-state index contributed by atoms with van der Waals surface area (Å²) in [6.45, 7) is 3.74.